The smallest absolute Gasteiger partial charge is 0.191 e. The van der Waals surface area contributed by atoms with Crippen LogP contribution >= 0.6 is 24.0 Å². The maximum absolute atomic E-state index is 5.66. The summed E-state index contributed by atoms with van der Waals surface area (Å²) in [4.78, 5) is 6.83. The SMILES string of the molecule is CCOCCOCc1cccc(CNC(=NC)NCC(C)(C)N2CCOCC2)c1.I. The maximum Gasteiger partial charge on any atom is 0.191 e. The van der Waals surface area contributed by atoms with Crippen LogP contribution in [0.4, 0.5) is 0 Å². The minimum atomic E-state index is 0. The summed E-state index contributed by atoms with van der Waals surface area (Å²) in [7, 11) is 1.81. The van der Waals surface area contributed by atoms with Gasteiger partial charge in [-0.25, -0.2) is 0 Å². The van der Waals surface area contributed by atoms with Gasteiger partial charge in [0.2, 0.25) is 0 Å². The van der Waals surface area contributed by atoms with E-state index in [1.54, 1.807) is 7.05 Å². The number of halogens is 1. The van der Waals surface area contributed by atoms with Crippen LogP contribution in [-0.4, -0.2) is 76.1 Å². The monoisotopic (exact) mass is 534 g/mol. The first-order valence-electron chi connectivity index (χ1n) is 10.6. The van der Waals surface area contributed by atoms with Gasteiger partial charge >= 0.3 is 0 Å². The molecule has 2 rings (SSSR count). The number of guanidine groups is 1. The van der Waals surface area contributed by atoms with Crippen molar-refractivity contribution < 1.29 is 14.2 Å². The summed E-state index contributed by atoms with van der Waals surface area (Å²) in [6.07, 6.45) is 0. The third kappa shape index (κ3) is 9.91. The quantitative estimate of drug-likeness (QED) is 0.197. The second-order valence-electron chi connectivity index (χ2n) is 7.76. The lowest BCUT2D eigenvalue weighted by atomic mass is 10.0. The first kappa shape index (κ1) is 27.1. The Morgan fingerprint density at radius 2 is 1.83 bits per heavy atom. The average molecular weight is 534 g/mol. The molecule has 1 aliphatic heterocycles. The topological polar surface area (TPSA) is 67.4 Å². The zero-order chi connectivity index (χ0) is 21.0. The molecule has 1 aromatic carbocycles. The Balaban J connectivity index is 0.00000450. The summed E-state index contributed by atoms with van der Waals surface area (Å²) in [6, 6.07) is 8.43. The van der Waals surface area contributed by atoms with Crippen molar-refractivity contribution in [3.05, 3.63) is 35.4 Å². The van der Waals surface area contributed by atoms with Gasteiger partial charge in [-0.15, -0.1) is 24.0 Å². The molecule has 1 aromatic rings. The first-order chi connectivity index (χ1) is 14.0. The average Bonchev–Trinajstić information content (AvgIpc) is 2.74. The highest BCUT2D eigenvalue weighted by molar-refractivity contribution is 14.0. The van der Waals surface area contributed by atoms with Crippen molar-refractivity contribution in [2.24, 2.45) is 4.99 Å². The second-order valence-corrected chi connectivity index (χ2v) is 7.76. The number of morpholine rings is 1. The Morgan fingerprint density at radius 3 is 2.53 bits per heavy atom. The van der Waals surface area contributed by atoms with E-state index in [-0.39, 0.29) is 29.5 Å². The van der Waals surface area contributed by atoms with Crippen LogP contribution in [0.2, 0.25) is 0 Å². The van der Waals surface area contributed by atoms with Crippen LogP contribution in [0.25, 0.3) is 0 Å². The molecule has 7 nitrogen and oxygen atoms in total. The zero-order valence-corrected chi connectivity index (χ0v) is 21.2. The Kier molecular flexibility index (Phi) is 13.5. The molecule has 0 unspecified atom stereocenters. The predicted octanol–water partition coefficient (Wildman–Crippen LogP) is 2.63. The molecule has 0 spiro atoms. The molecule has 0 amide bonds. The van der Waals surface area contributed by atoms with Crippen molar-refractivity contribution in [1.29, 1.82) is 0 Å². The van der Waals surface area contributed by atoms with Crippen LogP contribution in [0.15, 0.2) is 29.3 Å². The van der Waals surface area contributed by atoms with E-state index in [2.05, 4.69) is 58.6 Å². The molecule has 0 aliphatic carbocycles. The fourth-order valence-electron chi connectivity index (χ4n) is 3.27. The molecule has 0 bridgehead atoms. The lowest BCUT2D eigenvalue weighted by Gasteiger charge is -2.41. The lowest BCUT2D eigenvalue weighted by Crippen LogP contribution is -2.56. The van der Waals surface area contributed by atoms with Crippen molar-refractivity contribution >= 4 is 29.9 Å². The molecule has 30 heavy (non-hydrogen) atoms. The van der Waals surface area contributed by atoms with Gasteiger partial charge in [0.15, 0.2) is 5.96 Å². The number of aliphatic imine (C=N–C) groups is 1. The van der Waals surface area contributed by atoms with E-state index in [0.717, 1.165) is 51.0 Å². The van der Waals surface area contributed by atoms with Crippen molar-refractivity contribution in [2.45, 2.75) is 39.5 Å². The van der Waals surface area contributed by atoms with Gasteiger partial charge in [-0.05, 0) is 31.9 Å². The molecule has 1 aliphatic rings. The molecule has 0 atom stereocenters. The van der Waals surface area contributed by atoms with E-state index >= 15 is 0 Å². The van der Waals surface area contributed by atoms with Gasteiger partial charge in [0, 0.05) is 45.4 Å². The van der Waals surface area contributed by atoms with Crippen LogP contribution in [0, 0.1) is 0 Å². The number of benzene rings is 1. The molecular weight excluding hydrogens is 495 g/mol. The second kappa shape index (κ2) is 15.0. The number of nitrogens with one attached hydrogen (secondary N) is 2. The molecule has 0 aromatic heterocycles. The number of hydrogen-bond donors (Lipinski definition) is 2. The number of hydrogen-bond acceptors (Lipinski definition) is 5. The largest absolute Gasteiger partial charge is 0.379 e. The Bertz CT molecular complexity index is 622. The van der Waals surface area contributed by atoms with Gasteiger partial charge in [0.1, 0.15) is 0 Å². The maximum atomic E-state index is 5.66. The van der Waals surface area contributed by atoms with E-state index in [9.17, 15) is 0 Å². The summed E-state index contributed by atoms with van der Waals surface area (Å²) in [5.74, 6) is 0.810. The van der Waals surface area contributed by atoms with Gasteiger partial charge in [-0.1, -0.05) is 24.3 Å². The fourth-order valence-corrected chi connectivity index (χ4v) is 3.27. The highest BCUT2D eigenvalue weighted by Crippen LogP contribution is 2.15. The minimum Gasteiger partial charge on any atom is -0.379 e. The van der Waals surface area contributed by atoms with Crippen molar-refractivity contribution in [3.63, 3.8) is 0 Å². The van der Waals surface area contributed by atoms with Crippen LogP contribution in [-0.2, 0) is 27.4 Å². The normalized spacial score (nSPS) is 15.5. The summed E-state index contributed by atoms with van der Waals surface area (Å²) < 4.78 is 16.4. The van der Waals surface area contributed by atoms with Crippen LogP contribution < -0.4 is 10.6 Å². The predicted molar refractivity (Wildman–Crippen MR) is 133 cm³/mol. The Morgan fingerprint density at radius 1 is 1.13 bits per heavy atom. The van der Waals surface area contributed by atoms with E-state index in [1.807, 2.05) is 6.92 Å². The van der Waals surface area contributed by atoms with E-state index in [0.29, 0.717) is 26.4 Å². The molecule has 8 heteroatoms. The van der Waals surface area contributed by atoms with E-state index in [4.69, 9.17) is 14.2 Å². The Hall–Kier alpha value is -0.940. The van der Waals surface area contributed by atoms with Gasteiger partial charge in [0.05, 0.1) is 33.0 Å². The fraction of sp³-hybridized carbons (Fsp3) is 0.682. The lowest BCUT2D eigenvalue weighted by molar-refractivity contribution is -0.00834. The summed E-state index contributed by atoms with van der Waals surface area (Å²) in [6.45, 7) is 14.2. The molecule has 0 saturated carbocycles. The first-order valence-corrected chi connectivity index (χ1v) is 10.6. The third-order valence-electron chi connectivity index (χ3n) is 5.08. The highest BCUT2D eigenvalue weighted by Gasteiger charge is 2.28. The molecule has 1 saturated heterocycles. The third-order valence-corrected chi connectivity index (χ3v) is 5.08. The number of nitrogens with zero attached hydrogens (tertiary/aromatic N) is 2. The standard InChI is InChI=1S/C22H38N4O3.HI/c1-5-27-13-14-29-17-20-8-6-7-19(15-20)16-24-21(23-4)25-18-22(2,3)26-9-11-28-12-10-26;/h6-8,15H,5,9-14,16-18H2,1-4H3,(H2,23,24,25);1H. The highest BCUT2D eigenvalue weighted by atomic mass is 127. The summed E-state index contributed by atoms with van der Waals surface area (Å²) in [5.41, 5.74) is 2.41. The van der Waals surface area contributed by atoms with Gasteiger partial charge in [0.25, 0.3) is 0 Å². The van der Waals surface area contributed by atoms with E-state index in [1.165, 1.54) is 5.56 Å². The number of ether oxygens (including phenoxy) is 3. The molecule has 2 N–H and O–H groups in total. The summed E-state index contributed by atoms with van der Waals surface area (Å²) in [5, 5.41) is 6.87. The van der Waals surface area contributed by atoms with Crippen LogP contribution in [0.1, 0.15) is 31.9 Å². The molecule has 0 radical (unpaired) electrons. The van der Waals surface area contributed by atoms with Gasteiger partial charge in [-0.2, -0.15) is 0 Å². The van der Waals surface area contributed by atoms with Gasteiger partial charge < -0.3 is 24.8 Å². The number of rotatable bonds is 11. The van der Waals surface area contributed by atoms with Crippen molar-refractivity contribution in [1.82, 2.24) is 15.5 Å². The van der Waals surface area contributed by atoms with Crippen LogP contribution in [0.3, 0.4) is 0 Å². The molecule has 172 valence electrons. The summed E-state index contributed by atoms with van der Waals surface area (Å²) >= 11 is 0. The Labute approximate surface area is 199 Å². The molecule has 1 heterocycles. The van der Waals surface area contributed by atoms with Gasteiger partial charge in [-0.3, -0.25) is 9.89 Å². The zero-order valence-electron chi connectivity index (χ0n) is 18.9. The molecular formula is C22H39IN4O3. The van der Waals surface area contributed by atoms with Crippen molar-refractivity contribution in [2.75, 3.05) is 59.7 Å². The van der Waals surface area contributed by atoms with E-state index < -0.39 is 0 Å². The minimum absolute atomic E-state index is 0. The van der Waals surface area contributed by atoms with Crippen LogP contribution in [0.5, 0.6) is 0 Å². The molecule has 1 fully saturated rings. The van der Waals surface area contributed by atoms with Crippen molar-refractivity contribution in [3.8, 4) is 0 Å².